The molecule has 2 aromatic heterocycles. The van der Waals surface area contributed by atoms with Gasteiger partial charge in [0.05, 0.1) is 12.3 Å². The predicted molar refractivity (Wildman–Crippen MR) is 91.4 cm³/mol. The largest absolute Gasteiger partial charge is 0.234 e. The molecule has 0 bridgehead atoms. The molecule has 0 spiro atoms. The maximum absolute atomic E-state index is 12.1. The van der Waals surface area contributed by atoms with Crippen molar-refractivity contribution in [1.29, 1.82) is 0 Å². The standard InChI is InChI=1S/C15H17N5O2S2/c21-24(22,9-8-11-4-2-1-3-5-11)16-10-13-19-20-14(12-6-7-12)17-18-15(20)23-13/h1-5,12,16H,6-10H2. The Morgan fingerprint density at radius 1 is 1.21 bits per heavy atom. The Hall–Kier alpha value is -1.84. The molecular formula is C15H17N5O2S2. The van der Waals surface area contributed by atoms with Crippen LogP contribution in [0.2, 0.25) is 0 Å². The van der Waals surface area contributed by atoms with Crippen molar-refractivity contribution in [1.82, 2.24) is 24.5 Å². The molecule has 0 atom stereocenters. The van der Waals surface area contributed by atoms with Gasteiger partial charge in [-0.1, -0.05) is 41.7 Å². The molecule has 7 nitrogen and oxygen atoms in total. The van der Waals surface area contributed by atoms with E-state index in [4.69, 9.17) is 0 Å². The Balaban J connectivity index is 1.38. The molecule has 0 saturated heterocycles. The van der Waals surface area contributed by atoms with Crippen molar-refractivity contribution in [3.05, 3.63) is 46.7 Å². The molecule has 1 aromatic carbocycles. The molecule has 9 heteroatoms. The van der Waals surface area contributed by atoms with E-state index >= 15 is 0 Å². The van der Waals surface area contributed by atoms with Gasteiger partial charge >= 0.3 is 0 Å². The Bertz CT molecular complexity index is 945. The first-order valence-electron chi connectivity index (χ1n) is 7.83. The smallest absolute Gasteiger partial charge is 0.212 e. The fourth-order valence-electron chi connectivity index (χ4n) is 2.48. The van der Waals surface area contributed by atoms with E-state index in [0.29, 0.717) is 17.3 Å². The molecule has 1 saturated carbocycles. The Morgan fingerprint density at radius 2 is 2.00 bits per heavy atom. The van der Waals surface area contributed by atoms with Crippen LogP contribution in [0.4, 0.5) is 0 Å². The topological polar surface area (TPSA) is 89.2 Å². The zero-order valence-corrected chi connectivity index (χ0v) is 14.6. The van der Waals surface area contributed by atoms with Crippen LogP contribution in [-0.2, 0) is 23.0 Å². The summed E-state index contributed by atoms with van der Waals surface area (Å²) in [4.78, 5) is 0.718. The lowest BCUT2D eigenvalue weighted by Crippen LogP contribution is -2.26. The summed E-state index contributed by atoms with van der Waals surface area (Å²) in [5.41, 5.74) is 1.01. The van der Waals surface area contributed by atoms with Gasteiger partial charge in [0, 0.05) is 5.92 Å². The number of hydrogen-bond donors (Lipinski definition) is 1. The predicted octanol–water partition coefficient (Wildman–Crippen LogP) is 1.73. The molecular weight excluding hydrogens is 346 g/mol. The van der Waals surface area contributed by atoms with Gasteiger partial charge in [-0.2, -0.15) is 9.61 Å². The molecule has 2 heterocycles. The lowest BCUT2D eigenvalue weighted by atomic mass is 10.2. The minimum absolute atomic E-state index is 0.0639. The SMILES string of the molecule is O=S(=O)(CCc1ccccc1)NCc1nn2c(C3CC3)nnc2s1. The van der Waals surface area contributed by atoms with Crippen molar-refractivity contribution in [3.8, 4) is 0 Å². The molecule has 1 fully saturated rings. The van der Waals surface area contributed by atoms with Crippen molar-refractivity contribution in [2.24, 2.45) is 0 Å². The summed E-state index contributed by atoms with van der Waals surface area (Å²) in [5.74, 6) is 1.41. The minimum atomic E-state index is -3.34. The van der Waals surface area contributed by atoms with Crippen molar-refractivity contribution < 1.29 is 8.42 Å². The Kier molecular flexibility index (Phi) is 4.07. The molecule has 3 aromatic rings. The lowest BCUT2D eigenvalue weighted by Gasteiger charge is -2.05. The van der Waals surface area contributed by atoms with E-state index in [1.54, 1.807) is 4.52 Å². The van der Waals surface area contributed by atoms with E-state index in [2.05, 4.69) is 20.0 Å². The van der Waals surface area contributed by atoms with E-state index in [-0.39, 0.29) is 12.3 Å². The third-order valence-electron chi connectivity index (χ3n) is 3.94. The number of nitrogens with one attached hydrogen (secondary N) is 1. The van der Waals surface area contributed by atoms with E-state index in [0.717, 1.165) is 29.2 Å². The second kappa shape index (κ2) is 6.23. The molecule has 24 heavy (non-hydrogen) atoms. The normalized spacial score (nSPS) is 15.2. The molecule has 0 amide bonds. The maximum Gasteiger partial charge on any atom is 0.234 e. The zero-order chi connectivity index (χ0) is 16.6. The van der Waals surface area contributed by atoms with Gasteiger partial charge in [-0.3, -0.25) is 0 Å². The quantitative estimate of drug-likeness (QED) is 0.690. The monoisotopic (exact) mass is 363 g/mol. The average molecular weight is 363 g/mol. The summed E-state index contributed by atoms with van der Waals surface area (Å²) in [5, 5.41) is 13.4. The highest BCUT2D eigenvalue weighted by atomic mass is 32.2. The van der Waals surface area contributed by atoms with Crippen molar-refractivity contribution in [3.63, 3.8) is 0 Å². The lowest BCUT2D eigenvalue weighted by molar-refractivity contribution is 0.580. The summed E-state index contributed by atoms with van der Waals surface area (Å²) in [6.45, 7) is 0.190. The third-order valence-corrected chi connectivity index (χ3v) is 6.17. The van der Waals surface area contributed by atoms with Gasteiger partial charge in [0.2, 0.25) is 15.0 Å². The summed E-state index contributed by atoms with van der Waals surface area (Å²) in [6, 6.07) is 9.59. The van der Waals surface area contributed by atoms with E-state index < -0.39 is 10.0 Å². The molecule has 0 unspecified atom stereocenters. The Morgan fingerprint density at radius 3 is 2.75 bits per heavy atom. The van der Waals surface area contributed by atoms with Crippen LogP contribution in [-0.4, -0.2) is 34.0 Å². The summed E-state index contributed by atoms with van der Waals surface area (Å²) < 4.78 is 28.7. The molecule has 0 radical (unpaired) electrons. The highest BCUT2D eigenvalue weighted by Gasteiger charge is 2.30. The zero-order valence-electron chi connectivity index (χ0n) is 12.9. The molecule has 4 rings (SSSR count). The van der Waals surface area contributed by atoms with Crippen LogP contribution >= 0.6 is 11.3 Å². The average Bonchev–Trinajstić information content (AvgIpc) is 3.22. The third kappa shape index (κ3) is 3.47. The summed E-state index contributed by atoms with van der Waals surface area (Å²) >= 11 is 1.37. The van der Waals surface area contributed by atoms with Crippen molar-refractivity contribution in [2.75, 3.05) is 5.75 Å². The summed E-state index contributed by atoms with van der Waals surface area (Å²) in [7, 11) is -3.34. The maximum atomic E-state index is 12.1. The number of sulfonamides is 1. The van der Waals surface area contributed by atoms with Gasteiger partial charge in [-0.05, 0) is 24.8 Å². The first-order chi connectivity index (χ1) is 11.6. The number of nitrogens with zero attached hydrogens (tertiary/aromatic N) is 4. The van der Waals surface area contributed by atoms with Crippen molar-refractivity contribution >= 4 is 26.3 Å². The van der Waals surface area contributed by atoms with Gasteiger partial charge in [-0.15, -0.1) is 10.2 Å². The molecule has 1 aliphatic rings. The molecule has 0 aliphatic heterocycles. The van der Waals surface area contributed by atoms with E-state index in [9.17, 15) is 8.42 Å². The molecule has 126 valence electrons. The van der Waals surface area contributed by atoms with Crippen LogP contribution in [0.1, 0.15) is 35.2 Å². The molecule has 1 N–H and O–H groups in total. The summed E-state index contributed by atoms with van der Waals surface area (Å²) in [6.07, 6.45) is 2.74. The van der Waals surface area contributed by atoms with Crippen LogP contribution in [0.5, 0.6) is 0 Å². The van der Waals surface area contributed by atoms with Crippen LogP contribution in [0.3, 0.4) is 0 Å². The van der Waals surface area contributed by atoms with Crippen LogP contribution in [0, 0.1) is 0 Å². The number of aromatic nitrogens is 4. The number of rotatable bonds is 7. The van der Waals surface area contributed by atoms with E-state index in [1.807, 2.05) is 30.3 Å². The fourth-order valence-corrected chi connectivity index (χ4v) is 4.36. The van der Waals surface area contributed by atoms with Gasteiger partial charge in [-0.25, -0.2) is 13.1 Å². The fraction of sp³-hybridized carbons (Fsp3) is 0.400. The first kappa shape index (κ1) is 15.7. The van der Waals surface area contributed by atoms with Crippen LogP contribution < -0.4 is 4.72 Å². The van der Waals surface area contributed by atoms with E-state index in [1.165, 1.54) is 11.3 Å². The van der Waals surface area contributed by atoms with Crippen LogP contribution in [0.25, 0.3) is 4.96 Å². The Labute approximate surface area is 143 Å². The van der Waals surface area contributed by atoms with Gasteiger partial charge in [0.1, 0.15) is 5.01 Å². The second-order valence-electron chi connectivity index (χ2n) is 5.90. The van der Waals surface area contributed by atoms with Gasteiger partial charge < -0.3 is 0 Å². The number of hydrogen-bond acceptors (Lipinski definition) is 6. The molecule has 1 aliphatic carbocycles. The minimum Gasteiger partial charge on any atom is -0.212 e. The van der Waals surface area contributed by atoms with Gasteiger partial charge in [0.25, 0.3) is 0 Å². The number of fused-ring (bicyclic) bond motifs is 1. The van der Waals surface area contributed by atoms with Crippen molar-refractivity contribution in [2.45, 2.75) is 31.7 Å². The van der Waals surface area contributed by atoms with Gasteiger partial charge in [0.15, 0.2) is 5.82 Å². The number of benzene rings is 1. The number of aryl methyl sites for hydroxylation is 1. The second-order valence-corrected chi connectivity index (χ2v) is 8.87. The highest BCUT2D eigenvalue weighted by molar-refractivity contribution is 7.89. The highest BCUT2D eigenvalue weighted by Crippen LogP contribution is 2.39. The van der Waals surface area contributed by atoms with Crippen LogP contribution in [0.15, 0.2) is 30.3 Å². The first-order valence-corrected chi connectivity index (χ1v) is 10.3.